The molecule has 17 heavy (non-hydrogen) atoms. The zero-order valence-electron chi connectivity index (χ0n) is 8.54. The molecular weight excluding hydrogens is 257 g/mol. The van der Waals surface area contributed by atoms with Crippen LogP contribution >= 0.6 is 11.3 Å². The molecule has 0 saturated heterocycles. The highest BCUT2D eigenvalue weighted by molar-refractivity contribution is 7.22. The van der Waals surface area contributed by atoms with E-state index in [1.165, 1.54) is 19.2 Å². The van der Waals surface area contributed by atoms with E-state index in [0.29, 0.717) is 10.2 Å². The predicted octanol–water partition coefficient (Wildman–Crippen LogP) is 2.79. The van der Waals surface area contributed by atoms with Crippen molar-refractivity contribution in [2.45, 2.75) is 6.36 Å². The summed E-state index contributed by atoms with van der Waals surface area (Å²) in [4.78, 5) is 3.94. The number of halogens is 3. The molecule has 0 atom stereocenters. The maximum absolute atomic E-state index is 12.1. The van der Waals surface area contributed by atoms with Gasteiger partial charge in [0.1, 0.15) is 0 Å². The lowest BCUT2D eigenvalue weighted by Gasteiger charge is -2.12. The molecule has 8 heteroatoms. The van der Waals surface area contributed by atoms with E-state index in [1.807, 2.05) is 0 Å². The molecule has 0 radical (unpaired) electrons. The smallest absolute Gasteiger partial charge is 0.493 e. The van der Waals surface area contributed by atoms with Crippen LogP contribution in [-0.2, 0) is 0 Å². The second-order valence-electron chi connectivity index (χ2n) is 3.07. The van der Waals surface area contributed by atoms with E-state index >= 15 is 0 Å². The predicted molar refractivity (Wildman–Crippen MR) is 57.3 cm³/mol. The Bertz CT molecular complexity index is 553. The van der Waals surface area contributed by atoms with Crippen molar-refractivity contribution >= 4 is 26.7 Å². The van der Waals surface area contributed by atoms with Crippen molar-refractivity contribution in [3.8, 4) is 11.5 Å². The summed E-state index contributed by atoms with van der Waals surface area (Å²) < 4.78 is 45.6. The van der Waals surface area contributed by atoms with Gasteiger partial charge >= 0.3 is 6.36 Å². The minimum atomic E-state index is -4.77. The van der Waals surface area contributed by atoms with Crippen LogP contribution in [0.1, 0.15) is 0 Å². The second kappa shape index (κ2) is 3.95. The summed E-state index contributed by atoms with van der Waals surface area (Å²) in [7, 11) is 1.25. The molecule has 0 aliphatic heterocycles. The minimum absolute atomic E-state index is 0.0416. The molecule has 0 spiro atoms. The van der Waals surface area contributed by atoms with E-state index in [1.54, 1.807) is 0 Å². The van der Waals surface area contributed by atoms with Crippen molar-refractivity contribution in [3.05, 3.63) is 12.1 Å². The summed E-state index contributed by atoms with van der Waals surface area (Å²) in [5.41, 5.74) is 5.93. The Labute approximate surface area is 97.8 Å². The lowest BCUT2D eigenvalue weighted by molar-refractivity contribution is -0.275. The number of alkyl halides is 3. The van der Waals surface area contributed by atoms with E-state index in [-0.39, 0.29) is 10.9 Å². The van der Waals surface area contributed by atoms with Crippen LogP contribution in [0.5, 0.6) is 11.5 Å². The largest absolute Gasteiger partial charge is 0.573 e. The minimum Gasteiger partial charge on any atom is -0.493 e. The van der Waals surface area contributed by atoms with Crippen LogP contribution in [0, 0.1) is 0 Å². The molecule has 0 aliphatic rings. The number of anilines is 1. The van der Waals surface area contributed by atoms with Crippen molar-refractivity contribution in [2.75, 3.05) is 12.8 Å². The molecule has 4 nitrogen and oxygen atoms in total. The lowest BCUT2D eigenvalue weighted by Crippen LogP contribution is -2.17. The first kappa shape index (κ1) is 11.8. The molecule has 2 aromatic rings. The molecule has 1 heterocycles. The third-order valence-corrected chi connectivity index (χ3v) is 2.76. The van der Waals surface area contributed by atoms with Gasteiger partial charge in [0.2, 0.25) is 0 Å². The van der Waals surface area contributed by atoms with Crippen LogP contribution in [0.3, 0.4) is 0 Å². The third-order valence-electron chi connectivity index (χ3n) is 1.92. The summed E-state index contributed by atoms with van der Waals surface area (Å²) >= 11 is 1.08. The van der Waals surface area contributed by atoms with Gasteiger partial charge in [-0.05, 0) is 0 Å². The number of methoxy groups -OCH3 is 1. The number of fused-ring (bicyclic) bond motifs is 1. The first-order chi connectivity index (χ1) is 7.89. The Morgan fingerprint density at radius 2 is 2.00 bits per heavy atom. The number of benzene rings is 1. The van der Waals surface area contributed by atoms with Gasteiger partial charge in [0, 0.05) is 12.1 Å². The number of hydrogen-bond donors (Lipinski definition) is 1. The van der Waals surface area contributed by atoms with Gasteiger partial charge in [-0.2, -0.15) is 0 Å². The highest BCUT2D eigenvalue weighted by Crippen LogP contribution is 2.38. The van der Waals surface area contributed by atoms with Crippen LogP contribution < -0.4 is 15.2 Å². The van der Waals surface area contributed by atoms with Crippen LogP contribution in [0.2, 0.25) is 0 Å². The number of aromatic nitrogens is 1. The fourth-order valence-electron chi connectivity index (χ4n) is 1.32. The molecule has 0 bridgehead atoms. The normalized spacial score (nSPS) is 11.8. The fourth-order valence-corrected chi connectivity index (χ4v) is 2.06. The number of ether oxygens (including phenoxy) is 2. The topological polar surface area (TPSA) is 57.4 Å². The molecule has 1 aromatic carbocycles. The van der Waals surface area contributed by atoms with Gasteiger partial charge < -0.3 is 15.2 Å². The van der Waals surface area contributed by atoms with Crippen LogP contribution in [0.15, 0.2) is 12.1 Å². The van der Waals surface area contributed by atoms with Gasteiger partial charge in [0.05, 0.1) is 17.3 Å². The number of nitrogens with zero attached hydrogens (tertiary/aromatic N) is 1. The zero-order chi connectivity index (χ0) is 12.6. The Morgan fingerprint density at radius 3 is 2.59 bits per heavy atom. The standard InChI is InChI=1S/C9H7F3N2O2S/c1-15-5-2-4-7(17-8(13)14-4)3-6(5)16-9(10,11)12/h2-3H,1H3,(H2,13,14). The number of nitrogens with two attached hydrogens (primary N) is 1. The van der Waals surface area contributed by atoms with Gasteiger partial charge in [-0.15, -0.1) is 13.2 Å². The summed E-state index contributed by atoms with van der Waals surface area (Å²) in [6.07, 6.45) is -4.77. The summed E-state index contributed by atoms with van der Waals surface area (Å²) in [6, 6.07) is 2.55. The average Bonchev–Trinajstić information content (AvgIpc) is 2.53. The van der Waals surface area contributed by atoms with Crippen molar-refractivity contribution in [3.63, 3.8) is 0 Å². The van der Waals surface area contributed by atoms with Crippen molar-refractivity contribution < 1.29 is 22.6 Å². The first-order valence-electron chi connectivity index (χ1n) is 4.39. The number of hydrogen-bond acceptors (Lipinski definition) is 5. The summed E-state index contributed by atoms with van der Waals surface area (Å²) in [6.45, 7) is 0. The average molecular weight is 264 g/mol. The van der Waals surface area contributed by atoms with Gasteiger partial charge in [0.15, 0.2) is 16.6 Å². The third kappa shape index (κ3) is 2.52. The Hall–Kier alpha value is -1.70. The van der Waals surface area contributed by atoms with Crippen LogP contribution in [-0.4, -0.2) is 18.5 Å². The number of rotatable bonds is 2. The Balaban J connectivity index is 2.52. The molecule has 1 aromatic heterocycles. The molecule has 0 aliphatic carbocycles. The van der Waals surface area contributed by atoms with E-state index in [4.69, 9.17) is 10.5 Å². The van der Waals surface area contributed by atoms with Crippen LogP contribution in [0.25, 0.3) is 10.2 Å². The SMILES string of the molecule is COc1cc2nc(N)sc2cc1OC(F)(F)F. The Kier molecular flexibility index (Phi) is 2.74. The molecule has 2 N–H and O–H groups in total. The molecule has 2 rings (SSSR count). The van der Waals surface area contributed by atoms with Crippen molar-refractivity contribution in [1.29, 1.82) is 0 Å². The molecule has 0 amide bonds. The fraction of sp³-hybridized carbons (Fsp3) is 0.222. The van der Waals surface area contributed by atoms with Gasteiger partial charge in [-0.3, -0.25) is 0 Å². The molecular formula is C9H7F3N2O2S. The second-order valence-corrected chi connectivity index (χ2v) is 4.13. The van der Waals surface area contributed by atoms with Crippen molar-refractivity contribution in [1.82, 2.24) is 4.98 Å². The highest BCUT2D eigenvalue weighted by Gasteiger charge is 2.32. The van der Waals surface area contributed by atoms with E-state index in [9.17, 15) is 13.2 Å². The van der Waals surface area contributed by atoms with E-state index < -0.39 is 12.1 Å². The Morgan fingerprint density at radius 1 is 1.29 bits per heavy atom. The summed E-state index contributed by atoms with van der Waals surface area (Å²) in [5, 5.41) is 0.270. The molecule has 0 fully saturated rings. The number of nitrogen functional groups attached to an aromatic ring is 1. The van der Waals surface area contributed by atoms with Gasteiger partial charge in [-0.25, -0.2) is 4.98 Å². The quantitative estimate of drug-likeness (QED) is 0.906. The van der Waals surface area contributed by atoms with Gasteiger partial charge in [-0.1, -0.05) is 11.3 Å². The molecule has 0 unspecified atom stereocenters. The zero-order valence-corrected chi connectivity index (χ0v) is 9.35. The molecule has 92 valence electrons. The maximum atomic E-state index is 12.1. The van der Waals surface area contributed by atoms with Gasteiger partial charge in [0.25, 0.3) is 0 Å². The monoisotopic (exact) mass is 264 g/mol. The van der Waals surface area contributed by atoms with E-state index in [2.05, 4.69) is 9.72 Å². The number of thiazole rings is 1. The highest BCUT2D eigenvalue weighted by atomic mass is 32.1. The summed E-state index contributed by atoms with van der Waals surface area (Å²) in [5.74, 6) is -0.448. The van der Waals surface area contributed by atoms with Crippen molar-refractivity contribution in [2.24, 2.45) is 0 Å². The maximum Gasteiger partial charge on any atom is 0.573 e. The molecule has 0 saturated carbocycles. The van der Waals surface area contributed by atoms with Crippen LogP contribution in [0.4, 0.5) is 18.3 Å². The van der Waals surface area contributed by atoms with E-state index in [0.717, 1.165) is 11.3 Å². The lowest BCUT2D eigenvalue weighted by atomic mass is 10.3. The first-order valence-corrected chi connectivity index (χ1v) is 5.20.